The first-order valence-electron chi connectivity index (χ1n) is 18.1. The lowest BCUT2D eigenvalue weighted by atomic mass is 9.78. The molecule has 0 aliphatic carbocycles. The third-order valence-corrected chi connectivity index (χ3v) is 10.3. The number of hydrogen-bond donors (Lipinski definition) is 12. The molecule has 0 spiro atoms. The Bertz CT molecular complexity index is 1890. The van der Waals surface area contributed by atoms with E-state index < -0.39 is 104 Å². The summed E-state index contributed by atoms with van der Waals surface area (Å²) in [7, 11) is 1.28. The number of benzene rings is 3. The number of aromatic hydroxyl groups is 3. The van der Waals surface area contributed by atoms with Crippen molar-refractivity contribution in [1.82, 2.24) is 0 Å². The normalized spacial score (nSPS) is 32.5. The summed E-state index contributed by atoms with van der Waals surface area (Å²) in [6, 6.07) is 9.38. The molecule has 2 saturated heterocycles. The van der Waals surface area contributed by atoms with Gasteiger partial charge in [0, 0.05) is 34.9 Å². The number of phenols is 3. The second-order valence-corrected chi connectivity index (χ2v) is 14.4. The van der Waals surface area contributed by atoms with Gasteiger partial charge in [-0.2, -0.15) is 0 Å². The number of fused-ring (bicyclic) bond motifs is 1. The van der Waals surface area contributed by atoms with Gasteiger partial charge in [0.25, 0.3) is 0 Å². The van der Waals surface area contributed by atoms with Crippen LogP contribution in [0, 0.1) is 0 Å². The molecule has 13 atom stereocenters. The Hall–Kier alpha value is -4.44. The first-order chi connectivity index (χ1) is 27.1. The topological polar surface area (TPSA) is 298 Å². The minimum Gasteiger partial charge on any atom is -0.508 e. The molecular weight excluding hydrogens is 756 g/mol. The Balaban J connectivity index is 1.55. The molecule has 6 rings (SSSR count). The van der Waals surface area contributed by atoms with E-state index in [4.69, 9.17) is 28.4 Å². The van der Waals surface area contributed by atoms with E-state index in [9.17, 15) is 61.3 Å². The summed E-state index contributed by atoms with van der Waals surface area (Å²) in [5.74, 6) is -3.00. The van der Waals surface area contributed by atoms with Gasteiger partial charge in [-0.3, -0.25) is 0 Å². The Morgan fingerprint density at radius 3 is 1.81 bits per heavy atom. The molecule has 0 radical (unpaired) electrons. The number of ether oxygens (including phenoxy) is 6. The highest BCUT2D eigenvalue weighted by Crippen LogP contribution is 2.56. The maximum Gasteiger partial charge on any atom is 0.229 e. The minimum atomic E-state index is -1.91. The molecule has 18 heteroatoms. The first kappa shape index (κ1) is 42.2. The van der Waals surface area contributed by atoms with E-state index in [2.05, 4.69) is 0 Å². The minimum absolute atomic E-state index is 0.0230. The molecule has 0 bridgehead atoms. The van der Waals surface area contributed by atoms with Crippen LogP contribution in [0.25, 0.3) is 0 Å². The van der Waals surface area contributed by atoms with E-state index in [1.807, 2.05) is 0 Å². The van der Waals surface area contributed by atoms with Crippen LogP contribution in [-0.2, 0) is 15.9 Å². The summed E-state index contributed by atoms with van der Waals surface area (Å²) in [5.41, 5.74) is 1.12. The van der Waals surface area contributed by atoms with E-state index in [1.54, 1.807) is 19.9 Å². The van der Waals surface area contributed by atoms with Crippen molar-refractivity contribution in [1.29, 1.82) is 0 Å². The van der Waals surface area contributed by atoms with Crippen LogP contribution in [0.3, 0.4) is 0 Å². The van der Waals surface area contributed by atoms with Crippen molar-refractivity contribution in [3.05, 3.63) is 76.4 Å². The van der Waals surface area contributed by atoms with Crippen LogP contribution in [0.15, 0.2) is 54.1 Å². The molecule has 18 nitrogen and oxygen atoms in total. The molecule has 57 heavy (non-hydrogen) atoms. The zero-order valence-corrected chi connectivity index (χ0v) is 31.1. The van der Waals surface area contributed by atoms with Crippen molar-refractivity contribution >= 4 is 0 Å². The molecule has 3 aliphatic heterocycles. The Kier molecular flexibility index (Phi) is 12.7. The maximum absolute atomic E-state index is 12.4. The molecule has 0 saturated carbocycles. The average Bonchev–Trinajstić information content (AvgIpc) is 3.18. The molecule has 3 heterocycles. The molecule has 0 amide bonds. The van der Waals surface area contributed by atoms with Crippen LogP contribution in [0.5, 0.6) is 40.2 Å². The quantitative estimate of drug-likeness (QED) is 0.107. The van der Waals surface area contributed by atoms with Crippen molar-refractivity contribution in [3.63, 3.8) is 0 Å². The van der Waals surface area contributed by atoms with Crippen LogP contribution in [0.2, 0.25) is 0 Å². The van der Waals surface area contributed by atoms with Crippen LogP contribution in [0.4, 0.5) is 0 Å². The van der Waals surface area contributed by atoms with Gasteiger partial charge in [0.2, 0.25) is 12.6 Å². The molecule has 2 fully saturated rings. The third-order valence-electron chi connectivity index (χ3n) is 10.3. The molecular formula is C39H48O18. The van der Waals surface area contributed by atoms with Crippen LogP contribution in [-0.4, -0.2) is 149 Å². The summed E-state index contributed by atoms with van der Waals surface area (Å²) >= 11 is 0. The lowest BCUT2D eigenvalue weighted by Crippen LogP contribution is -2.60. The van der Waals surface area contributed by atoms with Gasteiger partial charge >= 0.3 is 0 Å². The Labute approximate surface area is 326 Å². The van der Waals surface area contributed by atoms with E-state index in [0.29, 0.717) is 5.56 Å². The summed E-state index contributed by atoms with van der Waals surface area (Å²) in [4.78, 5) is 0. The molecule has 12 N–H and O–H groups in total. The van der Waals surface area contributed by atoms with E-state index in [1.165, 1.54) is 43.5 Å². The highest BCUT2D eigenvalue weighted by atomic mass is 16.7. The van der Waals surface area contributed by atoms with Gasteiger partial charge in [-0.1, -0.05) is 23.8 Å². The maximum atomic E-state index is 12.4. The number of aliphatic hydroxyl groups is 9. The smallest absolute Gasteiger partial charge is 0.229 e. The monoisotopic (exact) mass is 804 g/mol. The van der Waals surface area contributed by atoms with Gasteiger partial charge in [-0.25, -0.2) is 0 Å². The lowest BCUT2D eigenvalue weighted by Gasteiger charge is -2.42. The molecule has 312 valence electrons. The van der Waals surface area contributed by atoms with Gasteiger partial charge in [0.1, 0.15) is 95.2 Å². The lowest BCUT2D eigenvalue weighted by molar-refractivity contribution is -0.277. The van der Waals surface area contributed by atoms with Crippen molar-refractivity contribution in [3.8, 4) is 40.2 Å². The van der Waals surface area contributed by atoms with Crippen LogP contribution < -0.4 is 18.9 Å². The summed E-state index contributed by atoms with van der Waals surface area (Å²) < 4.78 is 35.5. The number of hydrogen-bond acceptors (Lipinski definition) is 18. The average molecular weight is 805 g/mol. The van der Waals surface area contributed by atoms with Crippen LogP contribution in [0.1, 0.15) is 48.1 Å². The second kappa shape index (κ2) is 17.2. The Morgan fingerprint density at radius 1 is 0.684 bits per heavy atom. The summed E-state index contributed by atoms with van der Waals surface area (Å²) in [5, 5.41) is 128. The highest BCUT2D eigenvalue weighted by Gasteiger charge is 2.49. The summed E-state index contributed by atoms with van der Waals surface area (Å²) in [6.45, 7) is 2.10. The first-order valence-corrected chi connectivity index (χ1v) is 18.1. The molecule has 3 aromatic carbocycles. The number of methoxy groups -OCH3 is 1. The molecule has 3 aliphatic rings. The standard InChI is InChI=1S/C39H48O18/c1-15(2)4-9-19-20(43)12-21(44)26(37(19)57-39-35(51)33(49)30(46)25(14-41)56-39)28-27-22(52-3)10-18(53-38-34(50)32(48)29(45)24(13-40)55-38)11-23(27)54-36(31(28)47)16-5-7-17(42)8-6-16/h4-8,10-12,24-25,28-36,38-51H,9,13-14H2,1-3H3/t24-,25+,28-,29-,30+,31+,32+,33-,34-,35-,36-,38-,39-/m0/s1. The highest BCUT2D eigenvalue weighted by molar-refractivity contribution is 5.65. The van der Waals surface area contributed by atoms with Gasteiger partial charge in [-0.15, -0.1) is 0 Å². The van der Waals surface area contributed by atoms with Gasteiger partial charge in [0.05, 0.1) is 26.2 Å². The van der Waals surface area contributed by atoms with Crippen molar-refractivity contribution in [2.24, 2.45) is 0 Å². The molecule has 0 unspecified atom stereocenters. The number of allylic oxidation sites excluding steroid dienone is 2. The number of aliphatic hydroxyl groups excluding tert-OH is 9. The van der Waals surface area contributed by atoms with Crippen molar-refractivity contribution < 1.29 is 89.7 Å². The van der Waals surface area contributed by atoms with Gasteiger partial charge in [0.15, 0.2) is 6.10 Å². The molecule has 3 aromatic rings. The zero-order chi connectivity index (χ0) is 41.5. The van der Waals surface area contributed by atoms with Crippen molar-refractivity contribution in [2.75, 3.05) is 20.3 Å². The van der Waals surface area contributed by atoms with E-state index in [-0.39, 0.29) is 51.9 Å². The van der Waals surface area contributed by atoms with E-state index >= 15 is 0 Å². The number of phenolic OH excluding ortho intramolecular Hbond substituents is 3. The second-order valence-electron chi connectivity index (χ2n) is 14.4. The fourth-order valence-electron chi connectivity index (χ4n) is 7.22. The fourth-order valence-corrected chi connectivity index (χ4v) is 7.22. The van der Waals surface area contributed by atoms with Crippen LogP contribution >= 0.6 is 0 Å². The third kappa shape index (κ3) is 8.16. The predicted octanol–water partition coefficient (Wildman–Crippen LogP) is -0.695. The number of rotatable bonds is 11. The largest absolute Gasteiger partial charge is 0.508 e. The predicted molar refractivity (Wildman–Crippen MR) is 194 cm³/mol. The molecule has 0 aromatic heterocycles. The fraction of sp³-hybridized carbons (Fsp3) is 0.487. The zero-order valence-electron chi connectivity index (χ0n) is 31.1. The van der Waals surface area contributed by atoms with E-state index in [0.717, 1.165) is 11.6 Å². The SMILES string of the molecule is COc1cc(O[C@H]2O[C@@H](CO)[C@H](O)[C@@H](O)[C@@H]2O)cc2c1[C@H](c1c(O)cc(O)c(CC=C(C)C)c1O[C@@H]1O[C@H](CO)[C@@H](O)[C@H](O)[C@@H]1O)[C@@H](O)[C@H](c1ccc(O)cc1)O2. The Morgan fingerprint density at radius 2 is 1.26 bits per heavy atom. The van der Waals surface area contributed by atoms with Crippen molar-refractivity contribution in [2.45, 2.75) is 99.8 Å². The van der Waals surface area contributed by atoms with Gasteiger partial charge < -0.3 is 89.7 Å². The van der Waals surface area contributed by atoms with Gasteiger partial charge in [-0.05, 0) is 38.0 Å². The summed E-state index contributed by atoms with van der Waals surface area (Å²) in [6.07, 6.45) is -18.0.